The summed E-state index contributed by atoms with van der Waals surface area (Å²) in [7, 11) is 1.93. The molecule has 2 rings (SSSR count). The van der Waals surface area contributed by atoms with Crippen molar-refractivity contribution in [3.05, 3.63) is 35.0 Å². The Morgan fingerprint density at radius 2 is 2.26 bits per heavy atom. The van der Waals surface area contributed by atoms with Crippen LogP contribution in [0.2, 0.25) is 5.02 Å². The lowest BCUT2D eigenvalue weighted by atomic mass is 9.96. The van der Waals surface area contributed by atoms with E-state index in [2.05, 4.69) is 0 Å². The molecule has 0 aliphatic carbocycles. The monoisotopic (exact) mass is 280 g/mol. The highest BCUT2D eigenvalue weighted by Gasteiger charge is 2.20. The van der Waals surface area contributed by atoms with Crippen LogP contribution in [0.3, 0.4) is 0 Å². The molecule has 1 aromatic heterocycles. The van der Waals surface area contributed by atoms with Gasteiger partial charge in [-0.2, -0.15) is 0 Å². The van der Waals surface area contributed by atoms with Gasteiger partial charge in [-0.15, -0.1) is 0 Å². The number of nitrogens with two attached hydrogens (primary N) is 1. The lowest BCUT2D eigenvalue weighted by Crippen LogP contribution is -2.20. The van der Waals surface area contributed by atoms with Crippen LogP contribution in [0.5, 0.6) is 0 Å². The van der Waals surface area contributed by atoms with Crippen LogP contribution in [0.4, 0.5) is 0 Å². The number of carboxylic acid groups (broad SMARTS) is 1. The van der Waals surface area contributed by atoms with Gasteiger partial charge < -0.3 is 15.4 Å². The number of carbonyl (C=O) groups is 1. The maximum atomic E-state index is 11.2. The SMILES string of the molecule is Cn1cc(CC(CCN)C(=O)O)c2c(Cl)cccc21. The fourth-order valence-corrected chi connectivity index (χ4v) is 2.72. The number of carboxylic acids is 1. The van der Waals surface area contributed by atoms with E-state index in [9.17, 15) is 9.90 Å². The van der Waals surface area contributed by atoms with Gasteiger partial charge in [-0.1, -0.05) is 17.7 Å². The first-order valence-corrected chi connectivity index (χ1v) is 6.57. The third-order valence-corrected chi connectivity index (χ3v) is 3.69. The van der Waals surface area contributed by atoms with Gasteiger partial charge >= 0.3 is 5.97 Å². The summed E-state index contributed by atoms with van der Waals surface area (Å²) < 4.78 is 1.97. The van der Waals surface area contributed by atoms with Gasteiger partial charge in [-0.25, -0.2) is 0 Å². The molecule has 19 heavy (non-hydrogen) atoms. The predicted octanol–water partition coefficient (Wildman–Crippen LogP) is 2.42. The molecule has 1 atom stereocenters. The van der Waals surface area contributed by atoms with Crippen molar-refractivity contribution >= 4 is 28.5 Å². The van der Waals surface area contributed by atoms with E-state index in [1.165, 1.54) is 0 Å². The van der Waals surface area contributed by atoms with Crippen molar-refractivity contribution < 1.29 is 9.90 Å². The second kappa shape index (κ2) is 5.63. The lowest BCUT2D eigenvalue weighted by Gasteiger charge is -2.10. The second-order valence-electron chi connectivity index (χ2n) is 4.72. The van der Waals surface area contributed by atoms with Gasteiger partial charge in [-0.05, 0) is 37.1 Å². The molecule has 0 aliphatic heterocycles. The Kier molecular flexibility index (Phi) is 4.12. The molecule has 0 spiro atoms. The van der Waals surface area contributed by atoms with Crippen LogP contribution in [0.1, 0.15) is 12.0 Å². The van der Waals surface area contributed by atoms with Gasteiger partial charge in [0.2, 0.25) is 0 Å². The number of fused-ring (bicyclic) bond motifs is 1. The van der Waals surface area contributed by atoms with Gasteiger partial charge in [0, 0.05) is 24.1 Å². The molecule has 4 nitrogen and oxygen atoms in total. The number of hydrogen-bond acceptors (Lipinski definition) is 2. The number of hydrogen-bond donors (Lipinski definition) is 2. The maximum Gasteiger partial charge on any atom is 0.306 e. The topological polar surface area (TPSA) is 68.2 Å². The fourth-order valence-electron chi connectivity index (χ4n) is 2.43. The summed E-state index contributed by atoms with van der Waals surface area (Å²) in [6, 6.07) is 5.69. The first-order valence-electron chi connectivity index (χ1n) is 6.20. The van der Waals surface area contributed by atoms with Gasteiger partial charge in [0.25, 0.3) is 0 Å². The molecular weight excluding hydrogens is 264 g/mol. The highest BCUT2D eigenvalue weighted by atomic mass is 35.5. The smallest absolute Gasteiger partial charge is 0.306 e. The van der Waals surface area contributed by atoms with E-state index in [0.717, 1.165) is 16.5 Å². The second-order valence-corrected chi connectivity index (χ2v) is 5.12. The third-order valence-electron chi connectivity index (χ3n) is 3.37. The Hall–Kier alpha value is -1.52. The van der Waals surface area contributed by atoms with E-state index in [1.807, 2.05) is 36.0 Å². The van der Waals surface area contributed by atoms with Gasteiger partial charge in [0.15, 0.2) is 0 Å². The predicted molar refractivity (Wildman–Crippen MR) is 76.4 cm³/mol. The minimum Gasteiger partial charge on any atom is -0.481 e. The Balaban J connectivity index is 2.42. The van der Waals surface area contributed by atoms with E-state index in [0.29, 0.717) is 24.4 Å². The Labute approximate surface area is 116 Å². The number of halogens is 1. The molecule has 0 saturated carbocycles. The van der Waals surface area contributed by atoms with Crippen molar-refractivity contribution in [2.75, 3.05) is 6.54 Å². The molecule has 0 fully saturated rings. The molecule has 2 aromatic rings. The number of aromatic nitrogens is 1. The van der Waals surface area contributed by atoms with E-state index in [4.69, 9.17) is 17.3 Å². The quantitative estimate of drug-likeness (QED) is 0.884. The summed E-state index contributed by atoms with van der Waals surface area (Å²) >= 11 is 6.23. The largest absolute Gasteiger partial charge is 0.481 e. The molecule has 1 heterocycles. The number of aliphatic carboxylic acids is 1. The number of nitrogens with zero attached hydrogens (tertiary/aromatic N) is 1. The Bertz CT molecular complexity index is 607. The molecule has 1 aromatic carbocycles. The molecule has 0 radical (unpaired) electrons. The van der Waals surface area contributed by atoms with E-state index in [-0.39, 0.29) is 0 Å². The standard InChI is InChI=1S/C14H17ClN2O2/c1-17-8-10(7-9(5-6-16)14(18)19)13-11(15)3-2-4-12(13)17/h2-4,8-9H,5-7,16H2,1H3,(H,18,19). The summed E-state index contributed by atoms with van der Waals surface area (Å²) in [5.41, 5.74) is 7.45. The summed E-state index contributed by atoms with van der Waals surface area (Å²) in [5.74, 6) is -1.28. The first-order chi connectivity index (χ1) is 9.04. The van der Waals surface area contributed by atoms with Crippen molar-refractivity contribution in [3.8, 4) is 0 Å². The molecular formula is C14H17ClN2O2. The van der Waals surface area contributed by atoms with Gasteiger partial charge in [0.1, 0.15) is 0 Å². The van der Waals surface area contributed by atoms with Crippen LogP contribution in [0.25, 0.3) is 10.9 Å². The van der Waals surface area contributed by atoms with Crippen molar-refractivity contribution in [3.63, 3.8) is 0 Å². The molecule has 1 unspecified atom stereocenters. The highest BCUT2D eigenvalue weighted by molar-refractivity contribution is 6.35. The Morgan fingerprint density at radius 1 is 1.53 bits per heavy atom. The van der Waals surface area contributed by atoms with Crippen molar-refractivity contribution in [2.24, 2.45) is 18.7 Å². The summed E-state index contributed by atoms with van der Waals surface area (Å²) in [6.07, 6.45) is 2.87. The third kappa shape index (κ3) is 2.74. The van der Waals surface area contributed by atoms with Crippen LogP contribution in [-0.2, 0) is 18.3 Å². The van der Waals surface area contributed by atoms with Crippen molar-refractivity contribution in [1.82, 2.24) is 4.57 Å². The van der Waals surface area contributed by atoms with Gasteiger partial charge in [-0.3, -0.25) is 4.79 Å². The molecule has 3 N–H and O–H groups in total. The maximum absolute atomic E-state index is 11.2. The lowest BCUT2D eigenvalue weighted by molar-refractivity contribution is -0.141. The molecule has 0 amide bonds. The zero-order valence-electron chi connectivity index (χ0n) is 10.8. The summed E-state index contributed by atoms with van der Waals surface area (Å²) in [5, 5.41) is 10.8. The van der Waals surface area contributed by atoms with Crippen LogP contribution >= 0.6 is 11.6 Å². The molecule has 102 valence electrons. The Morgan fingerprint density at radius 3 is 2.89 bits per heavy atom. The van der Waals surface area contributed by atoms with E-state index >= 15 is 0 Å². The summed E-state index contributed by atoms with van der Waals surface area (Å²) in [4.78, 5) is 11.2. The van der Waals surface area contributed by atoms with Crippen molar-refractivity contribution in [2.45, 2.75) is 12.8 Å². The minimum absolute atomic E-state index is 0.371. The van der Waals surface area contributed by atoms with Crippen LogP contribution < -0.4 is 5.73 Å². The number of rotatable bonds is 5. The minimum atomic E-state index is -0.811. The molecule has 5 heteroatoms. The van der Waals surface area contributed by atoms with Crippen LogP contribution in [-0.4, -0.2) is 22.2 Å². The normalized spacial score (nSPS) is 12.8. The average molecular weight is 281 g/mol. The van der Waals surface area contributed by atoms with Gasteiger partial charge in [0.05, 0.1) is 10.9 Å². The number of aryl methyl sites for hydroxylation is 1. The average Bonchev–Trinajstić information content (AvgIpc) is 2.67. The van der Waals surface area contributed by atoms with Crippen molar-refractivity contribution in [1.29, 1.82) is 0 Å². The van der Waals surface area contributed by atoms with Crippen LogP contribution in [0.15, 0.2) is 24.4 Å². The zero-order valence-corrected chi connectivity index (χ0v) is 11.5. The molecule has 0 aliphatic rings. The first kappa shape index (κ1) is 13.9. The van der Waals surface area contributed by atoms with E-state index < -0.39 is 11.9 Å². The summed E-state index contributed by atoms with van der Waals surface area (Å²) in [6.45, 7) is 0.371. The van der Waals surface area contributed by atoms with Crippen LogP contribution in [0, 0.1) is 5.92 Å². The highest BCUT2D eigenvalue weighted by Crippen LogP contribution is 2.30. The number of benzene rings is 1. The van der Waals surface area contributed by atoms with E-state index in [1.54, 1.807) is 0 Å². The molecule has 0 saturated heterocycles. The zero-order chi connectivity index (χ0) is 14.0. The molecule has 0 bridgehead atoms. The fraction of sp³-hybridized carbons (Fsp3) is 0.357.